The molecule has 4 atom stereocenters. The number of aryl methyl sites for hydroxylation is 1. The fraction of sp³-hybridized carbons (Fsp3) is 0.364. The molecule has 1 saturated carbocycles. The van der Waals surface area contributed by atoms with Gasteiger partial charge in [-0.25, -0.2) is 4.79 Å². The van der Waals surface area contributed by atoms with Crippen LogP contribution in [0.2, 0.25) is 0 Å². The summed E-state index contributed by atoms with van der Waals surface area (Å²) in [6, 6.07) is 13.5. The summed E-state index contributed by atoms with van der Waals surface area (Å²) >= 11 is 7.83. The molecule has 0 unspecified atom stereocenters. The number of carboxylic acid groups (broad SMARTS) is 1. The number of aliphatic hydroxyl groups excluding tert-OH is 1. The summed E-state index contributed by atoms with van der Waals surface area (Å²) < 4.78 is 0. The van der Waals surface area contributed by atoms with E-state index in [0.29, 0.717) is 11.3 Å². The molecule has 5 heteroatoms. The lowest BCUT2D eigenvalue weighted by atomic mass is 9.89. The van der Waals surface area contributed by atoms with Crippen LogP contribution in [0.1, 0.15) is 39.4 Å². The molecule has 0 aliphatic heterocycles. The molecule has 0 spiro atoms. The number of hydrogen-bond acceptors (Lipinski definition) is 3. The van der Waals surface area contributed by atoms with E-state index in [0.717, 1.165) is 29.7 Å². The minimum atomic E-state index is -0.874. The summed E-state index contributed by atoms with van der Waals surface area (Å²) in [6.07, 6.45) is 6.71. The van der Waals surface area contributed by atoms with E-state index in [1.54, 1.807) is 6.07 Å². The van der Waals surface area contributed by atoms with Gasteiger partial charge in [0.15, 0.2) is 0 Å². The quantitative estimate of drug-likeness (QED) is 0.491. The molecule has 1 aromatic carbocycles. The summed E-state index contributed by atoms with van der Waals surface area (Å²) in [5.74, 6) is -0.663. The average Bonchev–Trinajstić information content (AvgIpc) is 3.22. The van der Waals surface area contributed by atoms with E-state index in [1.165, 1.54) is 11.3 Å². The number of rotatable bonds is 7. The lowest BCUT2D eigenvalue weighted by molar-refractivity contribution is 0.0702. The monoisotopic (exact) mass is 402 g/mol. The topological polar surface area (TPSA) is 57.5 Å². The highest BCUT2D eigenvalue weighted by molar-refractivity contribution is 7.13. The van der Waals surface area contributed by atoms with Gasteiger partial charge in [-0.3, -0.25) is 0 Å². The van der Waals surface area contributed by atoms with Crippen LogP contribution in [0, 0.1) is 11.8 Å². The number of aromatic carboxylic acids is 1. The highest BCUT2D eigenvalue weighted by atomic mass is 35.5. The van der Waals surface area contributed by atoms with Gasteiger partial charge in [0.2, 0.25) is 0 Å². The molecule has 0 bridgehead atoms. The average molecular weight is 403 g/mol. The third kappa shape index (κ3) is 5.33. The van der Waals surface area contributed by atoms with Crippen molar-refractivity contribution < 1.29 is 15.0 Å². The third-order valence-electron chi connectivity index (χ3n) is 5.04. The molecule has 2 aromatic rings. The van der Waals surface area contributed by atoms with Crippen LogP contribution >= 0.6 is 22.9 Å². The van der Waals surface area contributed by atoms with Gasteiger partial charge in [0.1, 0.15) is 4.88 Å². The van der Waals surface area contributed by atoms with Gasteiger partial charge in [-0.15, -0.1) is 28.7 Å². The molecule has 1 aliphatic rings. The van der Waals surface area contributed by atoms with Crippen molar-refractivity contribution >= 4 is 35.0 Å². The van der Waals surface area contributed by atoms with Gasteiger partial charge in [-0.2, -0.15) is 0 Å². The Balaban J connectivity index is 1.60. The fourth-order valence-electron chi connectivity index (χ4n) is 3.64. The Morgan fingerprint density at radius 2 is 2.04 bits per heavy atom. The number of carbonyl (C=O) groups is 1. The normalized spacial score (nSPS) is 24.4. The third-order valence-corrected chi connectivity index (χ3v) is 6.68. The minimum absolute atomic E-state index is 0.00498. The molecule has 3 rings (SSSR count). The smallest absolute Gasteiger partial charge is 0.345 e. The zero-order valence-electron chi connectivity index (χ0n) is 14.9. The van der Waals surface area contributed by atoms with Gasteiger partial charge in [-0.05, 0) is 61.4 Å². The van der Waals surface area contributed by atoms with E-state index < -0.39 is 12.1 Å². The Bertz CT molecular complexity index is 823. The number of halogens is 1. The molecule has 1 heterocycles. The lowest BCUT2D eigenvalue weighted by Gasteiger charge is -2.19. The Morgan fingerprint density at radius 3 is 2.74 bits per heavy atom. The molecule has 0 saturated heterocycles. The molecule has 142 valence electrons. The SMILES string of the molecule is O=C(O)c1ccc(CCC[C@@H]2[C@@H](C=C=Cc3ccccc3)[C@H](O)C[C@H]2Cl)s1. The molecule has 27 heavy (non-hydrogen) atoms. The van der Waals surface area contributed by atoms with Gasteiger partial charge in [0, 0.05) is 16.2 Å². The first-order chi connectivity index (χ1) is 13.0. The molecule has 0 radical (unpaired) electrons. The number of hydrogen-bond donors (Lipinski definition) is 2. The number of carboxylic acids is 1. The highest BCUT2D eigenvalue weighted by Gasteiger charge is 2.39. The van der Waals surface area contributed by atoms with E-state index >= 15 is 0 Å². The van der Waals surface area contributed by atoms with Crippen LogP contribution in [0.15, 0.2) is 54.3 Å². The second-order valence-electron chi connectivity index (χ2n) is 6.91. The van der Waals surface area contributed by atoms with E-state index in [1.807, 2.05) is 48.6 Å². The number of benzene rings is 1. The number of alkyl halides is 1. The number of aliphatic hydroxyl groups is 1. The molecule has 2 N–H and O–H groups in total. The standard InChI is InChI=1S/C22H23ClO3S/c23-19-14-20(24)18(11-4-8-15-6-2-1-3-7-15)17(19)10-5-9-16-12-13-21(27-16)22(25)26/h1-3,6-8,11-13,17-20,24H,5,9-10,14H2,(H,25,26)/t4?,17-,18-,19-,20-/m1/s1. The lowest BCUT2D eigenvalue weighted by Crippen LogP contribution is -2.18. The van der Waals surface area contributed by atoms with Crippen LogP contribution in [0.25, 0.3) is 6.08 Å². The summed E-state index contributed by atoms with van der Waals surface area (Å²) in [4.78, 5) is 12.4. The van der Waals surface area contributed by atoms with E-state index in [2.05, 4.69) is 5.73 Å². The predicted molar refractivity (Wildman–Crippen MR) is 110 cm³/mol. The molecular formula is C22H23ClO3S. The van der Waals surface area contributed by atoms with Crippen LogP contribution in [-0.2, 0) is 6.42 Å². The number of thiophene rings is 1. The van der Waals surface area contributed by atoms with E-state index in [9.17, 15) is 9.90 Å². The maximum atomic E-state index is 11.0. The van der Waals surface area contributed by atoms with Crippen LogP contribution in [0.4, 0.5) is 0 Å². The highest BCUT2D eigenvalue weighted by Crippen LogP contribution is 2.40. The van der Waals surface area contributed by atoms with Crippen LogP contribution in [0.3, 0.4) is 0 Å². The first-order valence-corrected chi connectivity index (χ1v) is 10.4. The molecule has 0 amide bonds. The van der Waals surface area contributed by atoms with Crippen molar-refractivity contribution in [3.8, 4) is 0 Å². The minimum Gasteiger partial charge on any atom is -0.477 e. The van der Waals surface area contributed by atoms with Gasteiger partial charge >= 0.3 is 5.97 Å². The van der Waals surface area contributed by atoms with Crippen LogP contribution in [-0.4, -0.2) is 27.7 Å². The fourth-order valence-corrected chi connectivity index (χ4v) is 5.01. The zero-order chi connectivity index (χ0) is 19.2. The first kappa shape index (κ1) is 19.9. The van der Waals surface area contributed by atoms with Crippen molar-refractivity contribution in [2.45, 2.75) is 37.2 Å². The van der Waals surface area contributed by atoms with Crippen LogP contribution < -0.4 is 0 Å². The summed E-state index contributed by atoms with van der Waals surface area (Å²) in [5, 5.41) is 19.3. The Morgan fingerprint density at radius 1 is 1.26 bits per heavy atom. The van der Waals surface area contributed by atoms with Crippen LogP contribution in [0.5, 0.6) is 0 Å². The zero-order valence-corrected chi connectivity index (χ0v) is 16.5. The molecule has 1 aromatic heterocycles. The van der Waals surface area contributed by atoms with Gasteiger partial charge in [0.05, 0.1) is 6.10 Å². The molecule has 1 fully saturated rings. The van der Waals surface area contributed by atoms with E-state index in [-0.39, 0.29) is 17.2 Å². The second kappa shape index (κ2) is 9.38. The van der Waals surface area contributed by atoms with Crippen molar-refractivity contribution in [2.24, 2.45) is 11.8 Å². The van der Waals surface area contributed by atoms with Gasteiger partial charge in [-0.1, -0.05) is 30.3 Å². The summed E-state index contributed by atoms with van der Waals surface area (Å²) in [6.45, 7) is 0. The molecule has 1 aliphatic carbocycles. The van der Waals surface area contributed by atoms with Crippen molar-refractivity contribution in [1.29, 1.82) is 0 Å². The van der Waals surface area contributed by atoms with Gasteiger partial charge in [0.25, 0.3) is 0 Å². The van der Waals surface area contributed by atoms with Crippen molar-refractivity contribution in [3.63, 3.8) is 0 Å². The Kier molecular flexibility index (Phi) is 6.92. The summed E-state index contributed by atoms with van der Waals surface area (Å²) in [5.41, 5.74) is 4.29. The van der Waals surface area contributed by atoms with Crippen molar-refractivity contribution in [3.05, 3.63) is 69.6 Å². The van der Waals surface area contributed by atoms with Crippen molar-refractivity contribution in [1.82, 2.24) is 0 Å². The summed E-state index contributed by atoms with van der Waals surface area (Å²) in [7, 11) is 0. The second-order valence-corrected chi connectivity index (χ2v) is 8.64. The Hall–Kier alpha value is -1.84. The van der Waals surface area contributed by atoms with Crippen molar-refractivity contribution in [2.75, 3.05) is 0 Å². The van der Waals surface area contributed by atoms with E-state index in [4.69, 9.17) is 16.7 Å². The molecule has 3 nitrogen and oxygen atoms in total. The molecular weight excluding hydrogens is 380 g/mol. The maximum absolute atomic E-state index is 11.0. The predicted octanol–water partition coefficient (Wildman–Crippen LogP) is 5.24. The Labute approximate surface area is 168 Å². The van der Waals surface area contributed by atoms with Gasteiger partial charge < -0.3 is 10.2 Å². The maximum Gasteiger partial charge on any atom is 0.345 e. The first-order valence-electron chi connectivity index (χ1n) is 9.16. The largest absolute Gasteiger partial charge is 0.477 e.